The van der Waals surface area contributed by atoms with E-state index in [-0.39, 0.29) is 12.3 Å². The van der Waals surface area contributed by atoms with E-state index in [0.717, 1.165) is 26.2 Å². The second-order valence-corrected chi connectivity index (χ2v) is 3.52. The van der Waals surface area contributed by atoms with Crippen LogP contribution in [0.3, 0.4) is 0 Å². The van der Waals surface area contributed by atoms with Gasteiger partial charge in [0, 0.05) is 31.7 Å². The largest absolute Gasteiger partial charge is 0.381 e. The van der Waals surface area contributed by atoms with Gasteiger partial charge in [-0.2, -0.15) is 0 Å². The molecule has 0 aromatic carbocycles. The highest BCUT2D eigenvalue weighted by Crippen LogP contribution is 2.03. The van der Waals surface area contributed by atoms with E-state index in [1.54, 1.807) is 0 Å². The first-order valence-corrected chi connectivity index (χ1v) is 3.97. The zero-order valence-electron chi connectivity index (χ0n) is 7.01. The summed E-state index contributed by atoms with van der Waals surface area (Å²) in [6, 6.07) is 0. The van der Waals surface area contributed by atoms with Crippen molar-refractivity contribution < 1.29 is 5.11 Å². The molecule has 0 amide bonds. The smallest absolute Gasteiger partial charge is 0.0957 e. The molecule has 0 saturated carbocycles. The summed E-state index contributed by atoms with van der Waals surface area (Å²) in [4.78, 5) is 1.94. The predicted octanol–water partition coefficient (Wildman–Crippen LogP) is -1.44. The van der Waals surface area contributed by atoms with Gasteiger partial charge < -0.3 is 16.2 Å². The number of aliphatic hydroxyl groups is 1. The molecule has 1 aliphatic heterocycles. The Hall–Kier alpha value is -0.160. The third-order valence-electron chi connectivity index (χ3n) is 1.92. The Morgan fingerprint density at radius 3 is 3.09 bits per heavy atom. The van der Waals surface area contributed by atoms with Gasteiger partial charge in [-0.15, -0.1) is 0 Å². The van der Waals surface area contributed by atoms with Gasteiger partial charge in [0.25, 0.3) is 0 Å². The van der Waals surface area contributed by atoms with E-state index in [9.17, 15) is 0 Å². The van der Waals surface area contributed by atoms with Gasteiger partial charge >= 0.3 is 0 Å². The maximum Gasteiger partial charge on any atom is 0.0957 e. The molecule has 1 heterocycles. The predicted molar refractivity (Wildman–Crippen MR) is 44.1 cm³/mol. The van der Waals surface area contributed by atoms with Crippen LogP contribution in [0.15, 0.2) is 0 Å². The third kappa shape index (κ3) is 2.75. The lowest BCUT2D eigenvalue weighted by molar-refractivity contribution is 0.0989. The molecule has 0 bridgehead atoms. The summed E-state index contributed by atoms with van der Waals surface area (Å²) < 4.78 is 0. The zero-order valence-corrected chi connectivity index (χ0v) is 7.01. The van der Waals surface area contributed by atoms with Crippen molar-refractivity contribution in [2.24, 2.45) is 5.73 Å². The molecule has 4 N–H and O–H groups in total. The minimum absolute atomic E-state index is 0.106. The molecule has 0 aromatic heterocycles. The molecule has 4 heteroatoms. The quantitative estimate of drug-likeness (QED) is 0.438. The van der Waals surface area contributed by atoms with Gasteiger partial charge in [0.2, 0.25) is 0 Å². The van der Waals surface area contributed by atoms with Crippen LogP contribution in [0.25, 0.3) is 0 Å². The standard InChI is InChI=1S/C7H17N3O/c1-7(8)4-9-2-3-10(5-7)6-11/h9,11H,2-6,8H2,1H3. The van der Waals surface area contributed by atoms with Gasteiger partial charge in [0.1, 0.15) is 0 Å². The van der Waals surface area contributed by atoms with Gasteiger partial charge in [-0.1, -0.05) is 0 Å². The van der Waals surface area contributed by atoms with Crippen LogP contribution >= 0.6 is 0 Å². The second kappa shape index (κ2) is 3.49. The molecule has 0 radical (unpaired) electrons. The molecule has 1 fully saturated rings. The fourth-order valence-corrected chi connectivity index (χ4v) is 1.38. The highest BCUT2D eigenvalue weighted by molar-refractivity contribution is 4.87. The molecule has 1 atom stereocenters. The number of hydrogen-bond donors (Lipinski definition) is 3. The summed E-state index contributed by atoms with van der Waals surface area (Å²) in [7, 11) is 0. The number of hydrogen-bond acceptors (Lipinski definition) is 4. The Labute approximate surface area is 67.4 Å². The first-order chi connectivity index (χ1) is 5.14. The van der Waals surface area contributed by atoms with E-state index in [0.29, 0.717) is 0 Å². The number of rotatable bonds is 1. The lowest BCUT2D eigenvalue weighted by Crippen LogP contribution is -2.51. The van der Waals surface area contributed by atoms with Crippen molar-refractivity contribution >= 4 is 0 Å². The summed E-state index contributed by atoms with van der Waals surface area (Å²) in [5, 5.41) is 12.1. The van der Waals surface area contributed by atoms with Gasteiger partial charge in [-0.3, -0.25) is 4.90 Å². The van der Waals surface area contributed by atoms with Crippen LogP contribution in [0.5, 0.6) is 0 Å². The van der Waals surface area contributed by atoms with E-state index in [1.807, 2.05) is 11.8 Å². The maximum atomic E-state index is 8.89. The number of nitrogens with one attached hydrogen (secondary N) is 1. The lowest BCUT2D eigenvalue weighted by Gasteiger charge is -2.27. The molecule has 1 aliphatic rings. The van der Waals surface area contributed by atoms with E-state index in [4.69, 9.17) is 10.8 Å². The van der Waals surface area contributed by atoms with E-state index >= 15 is 0 Å². The lowest BCUT2D eigenvalue weighted by atomic mass is 10.0. The van der Waals surface area contributed by atoms with Crippen molar-refractivity contribution in [2.75, 3.05) is 32.9 Å². The molecule has 1 unspecified atom stereocenters. The molecule has 11 heavy (non-hydrogen) atoms. The Morgan fingerprint density at radius 2 is 2.45 bits per heavy atom. The molecule has 0 aliphatic carbocycles. The highest BCUT2D eigenvalue weighted by Gasteiger charge is 2.23. The maximum absolute atomic E-state index is 8.89. The van der Waals surface area contributed by atoms with Crippen molar-refractivity contribution in [2.45, 2.75) is 12.5 Å². The highest BCUT2D eigenvalue weighted by atomic mass is 16.3. The minimum atomic E-state index is -0.209. The van der Waals surface area contributed by atoms with Crippen LogP contribution in [0, 0.1) is 0 Å². The van der Waals surface area contributed by atoms with Crippen LogP contribution < -0.4 is 11.1 Å². The molecule has 1 rings (SSSR count). The fraction of sp³-hybridized carbons (Fsp3) is 1.00. The number of nitrogens with two attached hydrogens (primary N) is 1. The fourth-order valence-electron chi connectivity index (χ4n) is 1.38. The van der Waals surface area contributed by atoms with Gasteiger partial charge in [0.15, 0.2) is 0 Å². The van der Waals surface area contributed by atoms with Crippen molar-refractivity contribution in [3.63, 3.8) is 0 Å². The number of nitrogens with zero attached hydrogens (tertiary/aromatic N) is 1. The second-order valence-electron chi connectivity index (χ2n) is 3.52. The number of aliphatic hydroxyl groups excluding tert-OH is 1. The molecule has 4 nitrogen and oxygen atoms in total. The van der Waals surface area contributed by atoms with Crippen LogP contribution in [-0.2, 0) is 0 Å². The van der Waals surface area contributed by atoms with Crippen LogP contribution in [0.4, 0.5) is 0 Å². The van der Waals surface area contributed by atoms with Crippen LogP contribution in [-0.4, -0.2) is 48.5 Å². The van der Waals surface area contributed by atoms with Gasteiger partial charge in [-0.25, -0.2) is 0 Å². The van der Waals surface area contributed by atoms with E-state index < -0.39 is 0 Å². The third-order valence-corrected chi connectivity index (χ3v) is 1.92. The van der Waals surface area contributed by atoms with Crippen molar-refractivity contribution in [3.05, 3.63) is 0 Å². The SMILES string of the molecule is CC1(N)CNCCN(CO)C1. The summed E-state index contributed by atoms with van der Waals surface area (Å²) >= 11 is 0. The summed E-state index contributed by atoms with van der Waals surface area (Å²) in [6.07, 6.45) is 0. The summed E-state index contributed by atoms with van der Waals surface area (Å²) in [5.74, 6) is 0. The molecular weight excluding hydrogens is 142 g/mol. The molecule has 0 aromatic rings. The molecule has 0 spiro atoms. The van der Waals surface area contributed by atoms with E-state index in [2.05, 4.69) is 5.32 Å². The average Bonchev–Trinajstić information content (AvgIpc) is 2.10. The molecule has 1 saturated heterocycles. The Balaban J connectivity index is 2.47. The van der Waals surface area contributed by atoms with Crippen LogP contribution in [0.2, 0.25) is 0 Å². The van der Waals surface area contributed by atoms with Crippen molar-refractivity contribution in [3.8, 4) is 0 Å². The summed E-state index contributed by atoms with van der Waals surface area (Å²) in [5.41, 5.74) is 5.72. The van der Waals surface area contributed by atoms with Gasteiger partial charge in [-0.05, 0) is 6.92 Å². The van der Waals surface area contributed by atoms with E-state index in [1.165, 1.54) is 0 Å². The molecule has 66 valence electrons. The minimum Gasteiger partial charge on any atom is -0.381 e. The first-order valence-electron chi connectivity index (χ1n) is 3.97. The zero-order chi connectivity index (χ0) is 8.32. The monoisotopic (exact) mass is 159 g/mol. The Morgan fingerprint density at radius 1 is 1.73 bits per heavy atom. The average molecular weight is 159 g/mol. The normalized spacial score (nSPS) is 35.2. The van der Waals surface area contributed by atoms with Crippen molar-refractivity contribution in [1.29, 1.82) is 0 Å². The molecular formula is C7H17N3O. The topological polar surface area (TPSA) is 61.5 Å². The van der Waals surface area contributed by atoms with Crippen molar-refractivity contribution in [1.82, 2.24) is 10.2 Å². The summed E-state index contributed by atoms with van der Waals surface area (Å²) in [6.45, 7) is 5.47. The Kier molecular flexibility index (Phi) is 2.84. The Bertz CT molecular complexity index is 127. The van der Waals surface area contributed by atoms with Crippen LogP contribution in [0.1, 0.15) is 6.92 Å². The van der Waals surface area contributed by atoms with Gasteiger partial charge in [0.05, 0.1) is 6.73 Å². The first kappa shape index (κ1) is 8.93.